The molecule has 0 saturated heterocycles. The minimum atomic E-state index is -0.133. The van der Waals surface area contributed by atoms with Crippen molar-refractivity contribution in [3.05, 3.63) is 28.2 Å². The van der Waals surface area contributed by atoms with Gasteiger partial charge in [0.05, 0.1) is 6.10 Å². The average molecular weight is 286 g/mol. The van der Waals surface area contributed by atoms with Crippen molar-refractivity contribution in [2.45, 2.75) is 26.9 Å². The topological polar surface area (TPSA) is 38.3 Å². The smallest absolute Gasteiger partial charge is 0.250 e. The zero-order valence-corrected chi connectivity index (χ0v) is 11.3. The molecule has 1 aromatic rings. The van der Waals surface area contributed by atoms with Crippen LogP contribution in [-0.4, -0.2) is 18.6 Å². The maximum Gasteiger partial charge on any atom is 0.250 e. The molecule has 0 bridgehead atoms. The SMILES string of the molecule is Cc1cc(Br)cc(NC(=O)COC(C)C)c1. The Morgan fingerprint density at radius 1 is 1.44 bits per heavy atom. The second-order valence-electron chi connectivity index (χ2n) is 3.93. The van der Waals surface area contributed by atoms with Gasteiger partial charge >= 0.3 is 0 Å². The van der Waals surface area contributed by atoms with Crippen LogP contribution in [0.4, 0.5) is 5.69 Å². The Bertz CT molecular complexity index is 357. The lowest BCUT2D eigenvalue weighted by atomic mass is 10.2. The summed E-state index contributed by atoms with van der Waals surface area (Å²) < 4.78 is 6.16. The molecule has 0 atom stereocenters. The van der Waals surface area contributed by atoms with E-state index in [1.807, 2.05) is 39.0 Å². The molecule has 0 aliphatic heterocycles. The van der Waals surface area contributed by atoms with Crippen LogP contribution in [0.2, 0.25) is 0 Å². The number of amides is 1. The van der Waals surface area contributed by atoms with E-state index in [9.17, 15) is 4.79 Å². The van der Waals surface area contributed by atoms with Gasteiger partial charge in [-0.3, -0.25) is 4.79 Å². The van der Waals surface area contributed by atoms with Gasteiger partial charge in [-0.05, 0) is 44.5 Å². The van der Waals surface area contributed by atoms with Crippen molar-refractivity contribution in [3.8, 4) is 0 Å². The van der Waals surface area contributed by atoms with Crippen molar-refractivity contribution >= 4 is 27.5 Å². The largest absolute Gasteiger partial charge is 0.369 e. The third-order valence-electron chi connectivity index (χ3n) is 1.87. The molecule has 0 fully saturated rings. The number of rotatable bonds is 4. The molecule has 0 aliphatic carbocycles. The Kier molecular flexibility index (Phi) is 4.96. The standard InChI is InChI=1S/C12H16BrNO2/c1-8(2)16-7-12(15)14-11-5-9(3)4-10(13)6-11/h4-6,8H,7H2,1-3H3,(H,14,15). The van der Waals surface area contributed by atoms with E-state index >= 15 is 0 Å². The van der Waals surface area contributed by atoms with E-state index < -0.39 is 0 Å². The maximum atomic E-state index is 11.5. The van der Waals surface area contributed by atoms with E-state index in [2.05, 4.69) is 21.2 Å². The van der Waals surface area contributed by atoms with Crippen molar-refractivity contribution in [1.82, 2.24) is 0 Å². The Balaban J connectivity index is 2.56. The number of carbonyl (C=O) groups is 1. The quantitative estimate of drug-likeness (QED) is 0.923. The first-order chi connectivity index (χ1) is 7.47. The normalized spacial score (nSPS) is 10.6. The summed E-state index contributed by atoms with van der Waals surface area (Å²) >= 11 is 3.38. The molecule has 0 spiro atoms. The number of benzene rings is 1. The predicted octanol–water partition coefficient (Wildman–Crippen LogP) is 3.12. The highest BCUT2D eigenvalue weighted by Crippen LogP contribution is 2.18. The van der Waals surface area contributed by atoms with Gasteiger partial charge in [-0.2, -0.15) is 0 Å². The van der Waals surface area contributed by atoms with Crippen LogP contribution in [0, 0.1) is 6.92 Å². The summed E-state index contributed by atoms with van der Waals surface area (Å²) in [5, 5.41) is 2.78. The lowest BCUT2D eigenvalue weighted by Gasteiger charge is -2.09. The monoisotopic (exact) mass is 285 g/mol. The van der Waals surface area contributed by atoms with Crippen molar-refractivity contribution < 1.29 is 9.53 Å². The molecular formula is C12H16BrNO2. The van der Waals surface area contributed by atoms with E-state index in [1.165, 1.54) is 0 Å². The molecule has 4 heteroatoms. The van der Waals surface area contributed by atoms with Gasteiger partial charge in [0.1, 0.15) is 6.61 Å². The first kappa shape index (κ1) is 13.2. The van der Waals surface area contributed by atoms with E-state index in [-0.39, 0.29) is 18.6 Å². The number of carbonyl (C=O) groups excluding carboxylic acids is 1. The Labute approximate surface area is 104 Å². The number of halogens is 1. The lowest BCUT2D eigenvalue weighted by molar-refractivity contribution is -0.121. The molecule has 88 valence electrons. The number of ether oxygens (including phenoxy) is 1. The van der Waals surface area contributed by atoms with Crippen LogP contribution in [-0.2, 0) is 9.53 Å². The Hall–Kier alpha value is -0.870. The molecular weight excluding hydrogens is 270 g/mol. The number of hydrogen-bond acceptors (Lipinski definition) is 2. The summed E-state index contributed by atoms with van der Waals surface area (Å²) in [6.45, 7) is 5.86. The van der Waals surface area contributed by atoms with E-state index in [0.29, 0.717) is 0 Å². The van der Waals surface area contributed by atoms with Crippen LogP contribution < -0.4 is 5.32 Å². The molecule has 16 heavy (non-hydrogen) atoms. The summed E-state index contributed by atoms with van der Waals surface area (Å²) in [4.78, 5) is 11.5. The van der Waals surface area contributed by atoms with Crippen LogP contribution in [0.15, 0.2) is 22.7 Å². The van der Waals surface area contributed by atoms with Crippen LogP contribution in [0.25, 0.3) is 0 Å². The van der Waals surface area contributed by atoms with Gasteiger partial charge in [0, 0.05) is 10.2 Å². The van der Waals surface area contributed by atoms with E-state index in [1.54, 1.807) is 0 Å². The molecule has 1 N–H and O–H groups in total. The minimum Gasteiger partial charge on any atom is -0.369 e. The summed E-state index contributed by atoms with van der Waals surface area (Å²) in [7, 11) is 0. The van der Waals surface area contributed by atoms with Crippen molar-refractivity contribution in [1.29, 1.82) is 0 Å². The molecule has 0 saturated carbocycles. The summed E-state index contributed by atoms with van der Waals surface area (Å²) in [6, 6.07) is 5.76. The Morgan fingerprint density at radius 3 is 2.69 bits per heavy atom. The zero-order valence-electron chi connectivity index (χ0n) is 9.71. The molecule has 0 aliphatic rings. The van der Waals surface area contributed by atoms with Gasteiger partial charge in [-0.15, -0.1) is 0 Å². The number of hydrogen-bond donors (Lipinski definition) is 1. The van der Waals surface area contributed by atoms with Gasteiger partial charge in [0.2, 0.25) is 5.91 Å². The highest BCUT2D eigenvalue weighted by molar-refractivity contribution is 9.10. The third kappa shape index (κ3) is 4.77. The fourth-order valence-electron chi connectivity index (χ4n) is 1.25. The van der Waals surface area contributed by atoms with Gasteiger partial charge in [-0.25, -0.2) is 0 Å². The second kappa shape index (κ2) is 6.01. The minimum absolute atomic E-state index is 0.0648. The average Bonchev–Trinajstić information content (AvgIpc) is 2.12. The van der Waals surface area contributed by atoms with Gasteiger partial charge in [0.25, 0.3) is 0 Å². The van der Waals surface area contributed by atoms with Crippen LogP contribution in [0.1, 0.15) is 19.4 Å². The van der Waals surface area contributed by atoms with E-state index in [4.69, 9.17) is 4.74 Å². The third-order valence-corrected chi connectivity index (χ3v) is 2.33. The van der Waals surface area contributed by atoms with Crippen LogP contribution >= 0.6 is 15.9 Å². The zero-order chi connectivity index (χ0) is 12.1. The second-order valence-corrected chi connectivity index (χ2v) is 4.84. The van der Waals surface area contributed by atoms with E-state index in [0.717, 1.165) is 15.7 Å². The highest BCUT2D eigenvalue weighted by Gasteiger charge is 2.04. The number of anilines is 1. The molecule has 3 nitrogen and oxygen atoms in total. The molecule has 1 rings (SSSR count). The molecule has 0 heterocycles. The first-order valence-corrected chi connectivity index (χ1v) is 5.95. The summed E-state index contributed by atoms with van der Waals surface area (Å²) in [6.07, 6.45) is 0.0648. The van der Waals surface area contributed by atoms with Gasteiger partial charge in [-0.1, -0.05) is 15.9 Å². The fourth-order valence-corrected chi connectivity index (χ4v) is 1.86. The predicted molar refractivity (Wildman–Crippen MR) is 68.6 cm³/mol. The van der Waals surface area contributed by atoms with Crippen LogP contribution in [0.5, 0.6) is 0 Å². The number of nitrogens with one attached hydrogen (secondary N) is 1. The molecule has 0 aromatic heterocycles. The first-order valence-electron chi connectivity index (χ1n) is 5.16. The molecule has 0 radical (unpaired) electrons. The maximum absolute atomic E-state index is 11.5. The summed E-state index contributed by atoms with van der Waals surface area (Å²) in [5.41, 5.74) is 1.87. The van der Waals surface area contributed by atoms with Crippen molar-refractivity contribution in [2.24, 2.45) is 0 Å². The van der Waals surface area contributed by atoms with Crippen molar-refractivity contribution in [2.75, 3.05) is 11.9 Å². The molecule has 0 unspecified atom stereocenters. The van der Waals surface area contributed by atoms with Gasteiger partial charge < -0.3 is 10.1 Å². The Morgan fingerprint density at radius 2 is 2.12 bits per heavy atom. The molecule has 1 amide bonds. The summed E-state index contributed by atoms with van der Waals surface area (Å²) in [5.74, 6) is -0.133. The highest BCUT2D eigenvalue weighted by atomic mass is 79.9. The lowest BCUT2D eigenvalue weighted by Crippen LogP contribution is -2.20. The fraction of sp³-hybridized carbons (Fsp3) is 0.417. The molecule has 1 aromatic carbocycles. The van der Waals surface area contributed by atoms with Gasteiger partial charge in [0.15, 0.2) is 0 Å². The van der Waals surface area contributed by atoms with Crippen LogP contribution in [0.3, 0.4) is 0 Å². The number of aryl methyl sites for hydroxylation is 1. The van der Waals surface area contributed by atoms with Crippen molar-refractivity contribution in [3.63, 3.8) is 0 Å².